The molecule has 1 fully saturated rings. The van der Waals surface area contributed by atoms with Crippen LogP contribution in [-0.4, -0.2) is 70.2 Å². The summed E-state index contributed by atoms with van der Waals surface area (Å²) in [6, 6.07) is 0.983. The predicted octanol–water partition coefficient (Wildman–Crippen LogP) is 4.12. The third-order valence-electron chi connectivity index (χ3n) is 7.25. The molecule has 2 aromatic rings. The molecular weight excluding hydrogens is 571 g/mol. The van der Waals surface area contributed by atoms with Crippen molar-refractivity contribution in [3.8, 4) is 0 Å². The van der Waals surface area contributed by atoms with Crippen molar-refractivity contribution < 1.29 is 49.2 Å². The molecule has 226 valence electrons. The van der Waals surface area contributed by atoms with Gasteiger partial charge in [-0.05, 0) is 48.4 Å². The van der Waals surface area contributed by atoms with Crippen molar-refractivity contribution in [1.29, 1.82) is 0 Å². The van der Waals surface area contributed by atoms with Crippen LogP contribution in [0.1, 0.15) is 30.0 Å². The van der Waals surface area contributed by atoms with E-state index in [1.165, 1.54) is 7.05 Å². The summed E-state index contributed by atoms with van der Waals surface area (Å²) in [5.74, 6) is -0.502. The zero-order chi connectivity index (χ0) is 30.2. The Bertz CT molecular complexity index is 1240. The Morgan fingerprint density at radius 3 is 2.05 bits per heavy atom. The monoisotopic (exact) mass is 599 g/mol. The lowest BCUT2D eigenvalue weighted by atomic mass is 9.82. The van der Waals surface area contributed by atoms with Crippen molar-refractivity contribution in [1.82, 2.24) is 25.1 Å². The lowest BCUT2D eigenvalue weighted by Gasteiger charge is -2.39. The lowest BCUT2D eigenvalue weighted by molar-refractivity contribution is -0.847. The number of halogens is 9. The molecule has 1 aromatic heterocycles. The molecule has 0 spiro atoms. The van der Waals surface area contributed by atoms with Gasteiger partial charge in [-0.3, -0.25) is 9.80 Å². The molecule has 0 bridgehead atoms. The first kappa shape index (κ1) is 31.0. The molecule has 1 N–H and O–H groups in total. The summed E-state index contributed by atoms with van der Waals surface area (Å²) in [6.07, 6.45) is -12.6. The van der Waals surface area contributed by atoms with Gasteiger partial charge in [-0.25, -0.2) is 0 Å². The van der Waals surface area contributed by atoms with Crippen LogP contribution in [-0.2, 0) is 30.7 Å². The van der Waals surface area contributed by atoms with Gasteiger partial charge in [0.2, 0.25) is 0 Å². The molecule has 4 rings (SSSR count). The zero-order valence-electron chi connectivity index (χ0n) is 22.0. The van der Waals surface area contributed by atoms with Gasteiger partial charge in [0, 0.05) is 30.6 Å². The number of benzene rings is 1. The predicted molar refractivity (Wildman–Crippen MR) is 127 cm³/mol. The fourth-order valence-electron chi connectivity index (χ4n) is 5.16. The first-order chi connectivity index (χ1) is 19.0. The third kappa shape index (κ3) is 7.65. The fourth-order valence-corrected chi connectivity index (χ4v) is 5.16. The van der Waals surface area contributed by atoms with E-state index < -0.39 is 47.7 Å². The second-order valence-corrected chi connectivity index (χ2v) is 10.1. The number of hydrogen-bond acceptors (Lipinski definition) is 5. The minimum Gasteiger partial charge on any atom is -0.379 e. The highest BCUT2D eigenvalue weighted by atomic mass is 19.4. The minimum atomic E-state index is -5.06. The number of allylic oxidation sites excluding steroid dienone is 3. The van der Waals surface area contributed by atoms with Gasteiger partial charge in [-0.2, -0.15) is 44.3 Å². The zero-order valence-corrected chi connectivity index (χ0v) is 22.0. The van der Waals surface area contributed by atoms with E-state index in [0.29, 0.717) is 44.0 Å². The van der Waals surface area contributed by atoms with Crippen molar-refractivity contribution in [3.63, 3.8) is 0 Å². The normalized spacial score (nSPS) is 20.9. The summed E-state index contributed by atoms with van der Waals surface area (Å²) in [6.45, 7) is 3.23. The van der Waals surface area contributed by atoms with Crippen molar-refractivity contribution >= 4 is 5.95 Å². The SMILES string of the molecule is CC(C1CC=C(C(F)(F)F)C=C1C[NH+](Cc1cc(C(F)(F)F)cc(C(F)(F)F)c1)c1nnn(C)n1)N1CCOCC1. The summed E-state index contributed by atoms with van der Waals surface area (Å²) in [5.41, 5.74) is -3.87. The van der Waals surface area contributed by atoms with Gasteiger partial charge in [0.25, 0.3) is 0 Å². The van der Waals surface area contributed by atoms with Crippen LogP contribution >= 0.6 is 0 Å². The van der Waals surface area contributed by atoms with E-state index in [4.69, 9.17) is 4.74 Å². The van der Waals surface area contributed by atoms with Gasteiger partial charge >= 0.3 is 24.5 Å². The molecule has 16 heteroatoms. The van der Waals surface area contributed by atoms with E-state index in [-0.39, 0.29) is 41.5 Å². The van der Waals surface area contributed by atoms with Crippen molar-refractivity contribution in [2.75, 3.05) is 32.8 Å². The number of quaternary nitrogens is 1. The third-order valence-corrected chi connectivity index (χ3v) is 7.25. The Morgan fingerprint density at radius 1 is 0.927 bits per heavy atom. The average molecular weight is 600 g/mol. The number of nitrogens with one attached hydrogen (secondary N) is 1. The quantitative estimate of drug-likeness (QED) is 0.486. The highest BCUT2D eigenvalue weighted by Crippen LogP contribution is 2.38. The molecule has 2 aliphatic rings. The Balaban J connectivity index is 1.73. The van der Waals surface area contributed by atoms with Crippen LogP contribution in [0.15, 0.2) is 41.5 Å². The minimum absolute atomic E-state index is 0.0217. The first-order valence-electron chi connectivity index (χ1n) is 12.7. The molecule has 0 saturated carbocycles. The molecule has 41 heavy (non-hydrogen) atoms. The molecule has 1 aliphatic carbocycles. The standard InChI is InChI=1S/C25H27F9N6O/c1-15(39-5-7-41-8-6-39)21-4-3-18(23(26,27)28)11-17(21)14-40(22-35-37-38(2)36-22)13-16-9-19(24(29,30)31)12-20(10-16)25(32,33)34/h3,9-12,15,21H,4-8,13-14H2,1-2H3/p+1. The average Bonchev–Trinajstić information content (AvgIpc) is 3.33. The molecule has 1 aliphatic heterocycles. The maximum Gasteiger partial charge on any atom is 0.416 e. The fraction of sp³-hybridized carbons (Fsp3) is 0.560. The maximum absolute atomic E-state index is 13.7. The van der Waals surface area contributed by atoms with Crippen LogP contribution in [0.4, 0.5) is 45.5 Å². The van der Waals surface area contributed by atoms with E-state index >= 15 is 0 Å². The van der Waals surface area contributed by atoms with Crippen LogP contribution in [0.3, 0.4) is 0 Å². The number of alkyl halides is 9. The first-order valence-corrected chi connectivity index (χ1v) is 12.7. The van der Waals surface area contributed by atoms with Gasteiger partial charge in [0.1, 0.15) is 13.1 Å². The lowest BCUT2D eigenvalue weighted by Crippen LogP contribution is -3.06. The number of aromatic nitrogens is 4. The number of morpholine rings is 1. The van der Waals surface area contributed by atoms with Gasteiger partial charge in [-0.15, -0.1) is 0 Å². The summed E-state index contributed by atoms with van der Waals surface area (Å²) in [4.78, 5) is 3.27. The highest BCUT2D eigenvalue weighted by Gasteiger charge is 2.40. The molecule has 7 nitrogen and oxygen atoms in total. The molecular formula is C25H28F9N6O+. The highest BCUT2D eigenvalue weighted by molar-refractivity contribution is 5.35. The van der Waals surface area contributed by atoms with Gasteiger partial charge in [0.15, 0.2) is 0 Å². The second kappa shape index (κ2) is 11.7. The van der Waals surface area contributed by atoms with Crippen molar-refractivity contribution in [2.45, 2.75) is 44.5 Å². The van der Waals surface area contributed by atoms with E-state index in [9.17, 15) is 39.5 Å². The van der Waals surface area contributed by atoms with Crippen molar-refractivity contribution in [3.05, 3.63) is 58.2 Å². The number of ether oxygens (including phenoxy) is 1. The molecule has 3 atom stereocenters. The molecule has 2 heterocycles. The Hall–Kier alpha value is -2.98. The summed E-state index contributed by atoms with van der Waals surface area (Å²) in [5, 5.41) is 11.7. The van der Waals surface area contributed by atoms with E-state index in [2.05, 4.69) is 20.3 Å². The number of rotatable bonds is 7. The van der Waals surface area contributed by atoms with Gasteiger partial charge < -0.3 is 4.74 Å². The summed E-state index contributed by atoms with van der Waals surface area (Å²) < 4.78 is 128. The van der Waals surface area contributed by atoms with Gasteiger partial charge in [-0.1, -0.05) is 16.3 Å². The molecule has 0 amide bonds. The largest absolute Gasteiger partial charge is 0.416 e. The number of tetrazole rings is 1. The molecule has 3 unspecified atom stereocenters. The molecule has 0 radical (unpaired) electrons. The van der Waals surface area contributed by atoms with Gasteiger partial charge in [0.05, 0.1) is 37.0 Å². The van der Waals surface area contributed by atoms with E-state index in [0.717, 1.165) is 16.9 Å². The Morgan fingerprint density at radius 2 is 1.54 bits per heavy atom. The topological polar surface area (TPSA) is 60.5 Å². The Labute approximate surface area is 229 Å². The number of aryl methyl sites for hydroxylation is 1. The van der Waals surface area contributed by atoms with E-state index in [1.807, 2.05) is 6.92 Å². The summed E-state index contributed by atoms with van der Waals surface area (Å²) in [7, 11) is 1.41. The van der Waals surface area contributed by atoms with Crippen molar-refractivity contribution in [2.24, 2.45) is 13.0 Å². The number of hydrogen-bond donors (Lipinski definition) is 1. The van der Waals surface area contributed by atoms with Crippen LogP contribution in [0.2, 0.25) is 0 Å². The molecule has 1 aromatic carbocycles. The Kier molecular flexibility index (Phi) is 8.85. The van der Waals surface area contributed by atoms with Crippen LogP contribution in [0.25, 0.3) is 0 Å². The van der Waals surface area contributed by atoms with E-state index in [1.54, 1.807) is 0 Å². The second-order valence-electron chi connectivity index (χ2n) is 10.1. The van der Waals surface area contributed by atoms with Crippen LogP contribution < -0.4 is 4.90 Å². The van der Waals surface area contributed by atoms with Crippen LogP contribution in [0, 0.1) is 5.92 Å². The molecule has 1 saturated heterocycles. The van der Waals surface area contributed by atoms with Crippen LogP contribution in [0.5, 0.6) is 0 Å². The summed E-state index contributed by atoms with van der Waals surface area (Å²) >= 11 is 0. The number of nitrogens with zero attached hydrogens (tertiary/aromatic N) is 5. The smallest absolute Gasteiger partial charge is 0.379 e. The maximum atomic E-state index is 13.7.